The zero-order chi connectivity index (χ0) is 10.5. The van der Waals surface area contributed by atoms with Crippen LogP contribution in [0.25, 0.3) is 0 Å². The number of hydrogen-bond acceptors (Lipinski definition) is 2. The van der Waals surface area contributed by atoms with Gasteiger partial charge in [-0.1, -0.05) is 39.9 Å². The first-order valence-electron chi connectivity index (χ1n) is 4.80. The summed E-state index contributed by atoms with van der Waals surface area (Å²) in [7, 11) is -1.16. The van der Waals surface area contributed by atoms with Gasteiger partial charge in [0.2, 0.25) is 0 Å². The van der Waals surface area contributed by atoms with Gasteiger partial charge in [-0.2, -0.15) is 0 Å². The molecule has 2 nitrogen and oxygen atoms in total. The van der Waals surface area contributed by atoms with E-state index in [0.717, 1.165) is 6.42 Å². The van der Waals surface area contributed by atoms with E-state index in [0.29, 0.717) is 11.6 Å². The van der Waals surface area contributed by atoms with Crippen LogP contribution in [-0.2, 0) is 9.53 Å². The Labute approximate surface area is 82.7 Å². The molecule has 3 heteroatoms. The lowest BCUT2D eigenvalue weighted by Crippen LogP contribution is -2.36. The molecule has 0 spiro atoms. The molecule has 0 bridgehead atoms. The molecule has 0 aliphatic carbocycles. The standard InChI is InChI=1S/C10H21O2Si/c1-10(2,3)13(4,5)8-6-7-12-9-11/h6-8H2,1-5H3. The number of carbonyl (C=O) groups excluding carboxylic acids is 1. The molecule has 0 aromatic carbocycles. The summed E-state index contributed by atoms with van der Waals surface area (Å²) in [6, 6.07) is 1.21. The van der Waals surface area contributed by atoms with Crippen molar-refractivity contribution in [3.05, 3.63) is 0 Å². The topological polar surface area (TPSA) is 26.3 Å². The predicted octanol–water partition coefficient (Wildman–Crippen LogP) is 2.97. The second-order valence-electron chi connectivity index (χ2n) is 5.17. The van der Waals surface area contributed by atoms with Crippen molar-refractivity contribution in [3.8, 4) is 0 Å². The van der Waals surface area contributed by atoms with Crippen LogP contribution >= 0.6 is 0 Å². The Bertz CT molecular complexity index is 159. The normalized spacial score (nSPS) is 12.7. The summed E-state index contributed by atoms with van der Waals surface area (Å²) in [6.07, 6.45) is 0.978. The first-order chi connectivity index (χ1) is 5.81. The van der Waals surface area contributed by atoms with Gasteiger partial charge in [-0.15, -0.1) is 0 Å². The van der Waals surface area contributed by atoms with E-state index in [4.69, 9.17) is 0 Å². The fourth-order valence-electron chi connectivity index (χ4n) is 1.00. The van der Waals surface area contributed by atoms with Crippen molar-refractivity contribution in [3.63, 3.8) is 0 Å². The first kappa shape index (κ1) is 12.7. The maximum Gasteiger partial charge on any atom is 0.417 e. The molecule has 13 heavy (non-hydrogen) atoms. The average Bonchev–Trinajstić information content (AvgIpc) is 1.96. The second-order valence-corrected chi connectivity index (χ2v) is 10.9. The van der Waals surface area contributed by atoms with E-state index in [1.54, 1.807) is 0 Å². The smallest absolute Gasteiger partial charge is 0.417 e. The highest BCUT2D eigenvalue weighted by atomic mass is 28.3. The maximum absolute atomic E-state index is 9.79. The Hall–Kier alpha value is -0.313. The maximum atomic E-state index is 9.79. The molecular weight excluding hydrogens is 180 g/mol. The number of rotatable bonds is 5. The lowest BCUT2D eigenvalue weighted by molar-refractivity contribution is 0.277. The van der Waals surface area contributed by atoms with Crippen molar-refractivity contribution in [2.24, 2.45) is 0 Å². The third-order valence-corrected chi connectivity index (χ3v) is 8.80. The quantitative estimate of drug-likeness (QED) is 0.505. The summed E-state index contributed by atoms with van der Waals surface area (Å²) in [5, 5.41) is 0.428. The molecule has 0 atom stereocenters. The van der Waals surface area contributed by atoms with Crippen molar-refractivity contribution in [1.29, 1.82) is 0 Å². The van der Waals surface area contributed by atoms with E-state index in [1.807, 2.05) is 0 Å². The van der Waals surface area contributed by atoms with Crippen molar-refractivity contribution >= 4 is 14.5 Å². The van der Waals surface area contributed by atoms with E-state index in [9.17, 15) is 4.79 Å². The number of hydrogen-bond donors (Lipinski definition) is 0. The van der Waals surface area contributed by atoms with Crippen molar-refractivity contribution < 1.29 is 9.53 Å². The second kappa shape index (κ2) is 4.79. The Balaban J connectivity index is 3.83. The highest BCUT2D eigenvalue weighted by Gasteiger charge is 2.33. The highest BCUT2D eigenvalue weighted by molar-refractivity contribution is 6.80. The molecule has 0 rings (SSSR count). The summed E-state index contributed by atoms with van der Waals surface area (Å²) >= 11 is 0. The number of ether oxygens (including phenoxy) is 1. The van der Waals surface area contributed by atoms with Crippen molar-refractivity contribution in [2.45, 2.75) is 51.4 Å². The highest BCUT2D eigenvalue weighted by Crippen LogP contribution is 2.39. The van der Waals surface area contributed by atoms with E-state index in [-0.39, 0.29) is 0 Å². The minimum atomic E-state index is -1.16. The van der Waals surface area contributed by atoms with Gasteiger partial charge in [0, 0.05) is 0 Å². The Morgan fingerprint density at radius 2 is 1.85 bits per heavy atom. The zero-order valence-corrected chi connectivity index (χ0v) is 10.4. The molecular formula is C10H21O2Si. The monoisotopic (exact) mass is 201 g/mol. The summed E-state index contributed by atoms with van der Waals surface area (Å²) < 4.78 is 4.56. The lowest BCUT2D eigenvalue weighted by Gasteiger charge is -2.37. The van der Waals surface area contributed by atoms with E-state index < -0.39 is 8.07 Å². The Kier molecular flexibility index (Phi) is 4.68. The largest absolute Gasteiger partial charge is 0.457 e. The molecule has 0 fully saturated rings. The fraction of sp³-hybridized carbons (Fsp3) is 0.900. The van der Waals surface area contributed by atoms with Gasteiger partial charge in [-0.05, 0) is 11.5 Å². The van der Waals surface area contributed by atoms with Gasteiger partial charge in [0.25, 0.3) is 0 Å². The van der Waals surface area contributed by atoms with Crippen LogP contribution in [0.1, 0.15) is 27.2 Å². The molecule has 0 unspecified atom stereocenters. The molecule has 0 aromatic rings. The van der Waals surface area contributed by atoms with Crippen LogP contribution in [0, 0.1) is 0 Å². The Morgan fingerprint density at radius 3 is 2.23 bits per heavy atom. The van der Waals surface area contributed by atoms with Crippen molar-refractivity contribution in [2.75, 3.05) is 6.61 Å². The molecule has 77 valence electrons. The molecule has 0 aromatic heterocycles. The minimum absolute atomic E-state index is 0.428. The molecule has 0 saturated carbocycles. The molecule has 0 saturated heterocycles. The summed E-state index contributed by atoms with van der Waals surface area (Å²) in [5.41, 5.74) is 0. The van der Waals surface area contributed by atoms with Crippen LogP contribution in [0.5, 0.6) is 0 Å². The molecule has 0 aliphatic rings. The van der Waals surface area contributed by atoms with Crippen LogP contribution in [-0.4, -0.2) is 21.2 Å². The lowest BCUT2D eigenvalue weighted by atomic mass is 10.2. The van der Waals surface area contributed by atoms with Crippen LogP contribution in [0.4, 0.5) is 0 Å². The predicted molar refractivity (Wildman–Crippen MR) is 58.3 cm³/mol. The van der Waals surface area contributed by atoms with Crippen LogP contribution < -0.4 is 0 Å². The van der Waals surface area contributed by atoms with Gasteiger partial charge < -0.3 is 4.74 Å². The molecule has 0 heterocycles. The zero-order valence-electron chi connectivity index (χ0n) is 9.44. The summed E-state index contributed by atoms with van der Waals surface area (Å²) in [6.45, 7) is 13.6. The molecule has 1 radical (unpaired) electrons. The molecule has 0 aliphatic heterocycles. The van der Waals surface area contributed by atoms with E-state index in [2.05, 4.69) is 38.6 Å². The van der Waals surface area contributed by atoms with Crippen LogP contribution in [0.15, 0.2) is 0 Å². The summed E-state index contributed by atoms with van der Waals surface area (Å²) in [5.74, 6) is 0. The van der Waals surface area contributed by atoms with Crippen LogP contribution in [0.2, 0.25) is 24.2 Å². The van der Waals surface area contributed by atoms with Crippen LogP contribution in [0.3, 0.4) is 0 Å². The summed E-state index contributed by atoms with van der Waals surface area (Å²) in [4.78, 5) is 9.79. The van der Waals surface area contributed by atoms with Gasteiger partial charge in [-0.25, -0.2) is 4.79 Å². The Morgan fingerprint density at radius 1 is 1.31 bits per heavy atom. The third kappa shape index (κ3) is 4.46. The van der Waals surface area contributed by atoms with Gasteiger partial charge in [0.1, 0.15) is 0 Å². The minimum Gasteiger partial charge on any atom is -0.457 e. The fourth-order valence-corrected chi connectivity index (χ4v) is 2.78. The van der Waals surface area contributed by atoms with Gasteiger partial charge in [-0.3, -0.25) is 0 Å². The van der Waals surface area contributed by atoms with Gasteiger partial charge >= 0.3 is 6.47 Å². The molecule has 0 amide bonds. The van der Waals surface area contributed by atoms with Gasteiger partial charge in [0.15, 0.2) is 0 Å². The van der Waals surface area contributed by atoms with E-state index >= 15 is 0 Å². The third-order valence-electron chi connectivity index (χ3n) is 3.14. The van der Waals surface area contributed by atoms with Gasteiger partial charge in [0.05, 0.1) is 14.7 Å². The van der Waals surface area contributed by atoms with Crippen molar-refractivity contribution in [1.82, 2.24) is 0 Å². The average molecular weight is 201 g/mol. The van der Waals surface area contributed by atoms with E-state index in [1.165, 1.54) is 12.5 Å². The first-order valence-corrected chi connectivity index (χ1v) is 8.01. The SMILES string of the molecule is CC(C)(C)[Si](C)(C)CCCO[C]=O. The molecule has 0 N–H and O–H groups in total.